The summed E-state index contributed by atoms with van der Waals surface area (Å²) in [7, 11) is -1.56. The van der Waals surface area contributed by atoms with E-state index < -0.39 is 25.4 Å². The molecular weight excluding hydrogens is 387 g/mol. The van der Waals surface area contributed by atoms with Crippen LogP contribution < -0.4 is 4.74 Å². The highest BCUT2D eigenvalue weighted by molar-refractivity contribution is 7.32. The van der Waals surface area contributed by atoms with E-state index >= 15 is 0 Å². The van der Waals surface area contributed by atoms with Crippen molar-refractivity contribution in [3.8, 4) is 5.75 Å². The van der Waals surface area contributed by atoms with Gasteiger partial charge in [0.2, 0.25) is 0 Å². The van der Waals surface area contributed by atoms with Gasteiger partial charge in [-0.05, 0) is 35.7 Å². The molecule has 0 radical (unpaired) electrons. The number of benzene rings is 2. The maximum absolute atomic E-state index is 13.6. The number of rotatable bonds is 5. The largest absolute Gasteiger partial charge is 0.422 e. The Kier molecular flexibility index (Phi) is 4.95. The predicted molar refractivity (Wildman–Crippen MR) is 94.3 cm³/mol. The van der Waals surface area contributed by atoms with Gasteiger partial charge in [0.1, 0.15) is 10.6 Å². The third kappa shape index (κ3) is 3.70. The molecule has 0 spiro atoms. The highest BCUT2D eigenvalue weighted by Gasteiger charge is 2.31. The number of fused-ring (bicyclic) bond motifs is 1. The van der Waals surface area contributed by atoms with Gasteiger partial charge in [-0.3, -0.25) is 10.1 Å². The number of carbonyl (C=O) groups is 1. The van der Waals surface area contributed by atoms with Crippen LogP contribution >= 0.6 is 20.1 Å². The minimum absolute atomic E-state index is 0.131. The summed E-state index contributed by atoms with van der Waals surface area (Å²) in [5, 5.41) is 11.0. The highest BCUT2D eigenvalue weighted by atomic mass is 32.1. The van der Waals surface area contributed by atoms with Gasteiger partial charge in [0.15, 0.2) is 0 Å². The van der Waals surface area contributed by atoms with Gasteiger partial charge in [-0.2, -0.15) is 8.78 Å². The standard InChI is InChI=1S/C16H10F2NO5PS/c17-16(18,25-23)10-1-6-13-9(7-10)8-14(26-13)15(20)24-12-4-2-11(3-5-12)19(21)22/h1-8,23,25H. The number of carbonyl (C=O) groups excluding carboxylic acids is 1. The van der Waals surface area contributed by atoms with Crippen LogP contribution in [0, 0.1) is 10.1 Å². The van der Waals surface area contributed by atoms with Crippen LogP contribution in [0.25, 0.3) is 10.1 Å². The van der Waals surface area contributed by atoms with Crippen LogP contribution in [0.15, 0.2) is 48.5 Å². The van der Waals surface area contributed by atoms with E-state index in [4.69, 9.17) is 9.63 Å². The predicted octanol–water partition coefficient (Wildman–Crippen LogP) is 4.66. The molecule has 10 heteroatoms. The maximum Gasteiger partial charge on any atom is 0.353 e. The van der Waals surface area contributed by atoms with E-state index in [-0.39, 0.29) is 21.9 Å². The normalized spacial score (nSPS) is 12.0. The molecule has 6 nitrogen and oxygen atoms in total. The Bertz CT molecular complexity index is 990. The third-order valence-corrected chi connectivity index (χ3v) is 5.14. The number of esters is 1. The van der Waals surface area contributed by atoms with Crippen molar-refractivity contribution in [3.05, 3.63) is 69.1 Å². The Hall–Kier alpha value is -2.48. The fourth-order valence-electron chi connectivity index (χ4n) is 2.20. The van der Waals surface area contributed by atoms with Crippen LogP contribution in [0.2, 0.25) is 0 Å². The molecule has 1 heterocycles. The van der Waals surface area contributed by atoms with Crippen LogP contribution in [-0.4, -0.2) is 15.8 Å². The highest BCUT2D eigenvalue weighted by Crippen LogP contribution is 2.43. The first-order valence-electron chi connectivity index (χ1n) is 7.10. The summed E-state index contributed by atoms with van der Waals surface area (Å²) in [6, 6.07) is 10.3. The van der Waals surface area contributed by atoms with Gasteiger partial charge in [-0.1, -0.05) is 6.07 Å². The first kappa shape index (κ1) is 18.3. The monoisotopic (exact) mass is 397 g/mol. The summed E-state index contributed by atoms with van der Waals surface area (Å²) in [4.78, 5) is 31.2. The zero-order valence-electron chi connectivity index (χ0n) is 12.8. The lowest BCUT2D eigenvalue weighted by Crippen LogP contribution is -2.06. The number of ether oxygens (including phenoxy) is 1. The zero-order valence-corrected chi connectivity index (χ0v) is 14.6. The molecule has 1 N–H and O–H groups in total. The van der Waals surface area contributed by atoms with Crippen molar-refractivity contribution in [3.63, 3.8) is 0 Å². The summed E-state index contributed by atoms with van der Waals surface area (Å²) < 4.78 is 32.9. The Morgan fingerprint density at radius 1 is 1.19 bits per heavy atom. The molecule has 1 aromatic heterocycles. The number of halogens is 2. The lowest BCUT2D eigenvalue weighted by atomic mass is 10.1. The quantitative estimate of drug-likeness (QED) is 0.222. The molecule has 0 aliphatic heterocycles. The van der Waals surface area contributed by atoms with Crippen molar-refractivity contribution >= 4 is 41.9 Å². The van der Waals surface area contributed by atoms with Crippen LogP contribution in [0.5, 0.6) is 5.75 Å². The zero-order chi connectivity index (χ0) is 18.9. The van der Waals surface area contributed by atoms with Crippen molar-refractivity contribution in [2.45, 2.75) is 5.66 Å². The van der Waals surface area contributed by atoms with Gasteiger partial charge >= 0.3 is 11.6 Å². The first-order chi connectivity index (χ1) is 12.3. The fourth-order valence-corrected chi connectivity index (χ4v) is 3.40. The summed E-state index contributed by atoms with van der Waals surface area (Å²) in [5.41, 5.74) is -3.81. The number of hydrogen-bond acceptors (Lipinski definition) is 6. The average molecular weight is 397 g/mol. The van der Waals surface area contributed by atoms with E-state index in [1.807, 2.05) is 0 Å². The Morgan fingerprint density at radius 2 is 1.88 bits per heavy atom. The Morgan fingerprint density at radius 3 is 2.50 bits per heavy atom. The van der Waals surface area contributed by atoms with Gasteiger partial charge in [0.05, 0.1) is 13.7 Å². The number of nitrogens with zero attached hydrogens (tertiary/aromatic N) is 1. The topological polar surface area (TPSA) is 89.7 Å². The molecule has 134 valence electrons. The van der Waals surface area contributed by atoms with E-state index in [0.717, 1.165) is 11.3 Å². The molecule has 3 rings (SSSR count). The van der Waals surface area contributed by atoms with E-state index in [9.17, 15) is 23.7 Å². The van der Waals surface area contributed by atoms with Crippen molar-refractivity contribution in [2.24, 2.45) is 0 Å². The molecule has 2 aromatic carbocycles. The summed E-state index contributed by atoms with van der Waals surface area (Å²) in [5.74, 6) is -0.566. The molecule has 0 bridgehead atoms. The minimum atomic E-state index is -3.34. The van der Waals surface area contributed by atoms with Gasteiger partial charge in [0, 0.05) is 22.4 Å². The van der Waals surface area contributed by atoms with Gasteiger partial charge in [-0.15, -0.1) is 11.3 Å². The molecule has 0 fully saturated rings. The molecule has 0 saturated heterocycles. The lowest BCUT2D eigenvalue weighted by Gasteiger charge is -2.12. The molecular formula is C16H10F2NO5PS. The maximum atomic E-state index is 13.6. The molecule has 1 unspecified atom stereocenters. The van der Waals surface area contributed by atoms with Gasteiger partial charge in [0.25, 0.3) is 5.69 Å². The van der Waals surface area contributed by atoms with Crippen molar-refractivity contribution < 1.29 is 28.1 Å². The number of nitro benzene ring substituents is 1. The van der Waals surface area contributed by atoms with Crippen LogP contribution in [0.3, 0.4) is 0 Å². The van der Waals surface area contributed by atoms with Crippen molar-refractivity contribution in [1.29, 1.82) is 0 Å². The van der Waals surface area contributed by atoms with E-state index in [1.165, 1.54) is 48.5 Å². The second-order valence-electron chi connectivity index (χ2n) is 5.19. The second kappa shape index (κ2) is 7.03. The van der Waals surface area contributed by atoms with Crippen LogP contribution in [0.1, 0.15) is 15.2 Å². The molecule has 3 aromatic rings. The minimum Gasteiger partial charge on any atom is -0.422 e. The number of alkyl halides is 2. The number of non-ortho nitro benzene ring substituents is 1. The number of thiophene rings is 1. The first-order valence-corrected chi connectivity index (χ1v) is 8.86. The second-order valence-corrected chi connectivity index (χ2v) is 7.13. The van der Waals surface area contributed by atoms with Gasteiger partial charge in [-0.25, -0.2) is 4.79 Å². The summed E-state index contributed by atoms with van der Waals surface area (Å²) in [6.45, 7) is 0. The smallest absolute Gasteiger partial charge is 0.353 e. The third-order valence-electron chi connectivity index (χ3n) is 3.48. The van der Waals surface area contributed by atoms with Gasteiger partial charge < -0.3 is 9.63 Å². The Balaban J connectivity index is 1.83. The molecule has 26 heavy (non-hydrogen) atoms. The summed E-state index contributed by atoms with van der Waals surface area (Å²) >= 11 is 1.07. The van der Waals surface area contributed by atoms with Crippen LogP contribution in [0.4, 0.5) is 14.5 Å². The molecule has 0 saturated carbocycles. The molecule has 0 aliphatic carbocycles. The molecule has 0 aliphatic rings. The number of nitro groups is 1. The van der Waals surface area contributed by atoms with E-state index in [0.29, 0.717) is 10.1 Å². The number of hydrogen-bond donors (Lipinski definition) is 1. The van der Waals surface area contributed by atoms with E-state index in [1.54, 1.807) is 0 Å². The molecule has 1 atom stereocenters. The fraction of sp³-hybridized carbons (Fsp3) is 0.0625. The van der Waals surface area contributed by atoms with Crippen molar-refractivity contribution in [1.82, 2.24) is 0 Å². The SMILES string of the molecule is O=C(Oc1ccc([N+](=O)[O-])cc1)c1cc2cc(C(F)(F)PO)ccc2s1. The van der Waals surface area contributed by atoms with E-state index in [2.05, 4.69) is 0 Å². The lowest BCUT2D eigenvalue weighted by molar-refractivity contribution is -0.384. The van der Waals surface area contributed by atoms with Crippen molar-refractivity contribution in [2.75, 3.05) is 0 Å². The average Bonchev–Trinajstić information content (AvgIpc) is 3.05. The molecule has 0 amide bonds. The van der Waals surface area contributed by atoms with Crippen LogP contribution in [-0.2, 0) is 5.66 Å². The summed E-state index contributed by atoms with van der Waals surface area (Å²) in [6.07, 6.45) is 0. The Labute approximate surface area is 151 Å².